The van der Waals surface area contributed by atoms with Gasteiger partial charge in [-0.05, 0) is 91.2 Å². The van der Waals surface area contributed by atoms with Crippen LogP contribution in [0.2, 0.25) is 0 Å². The summed E-state index contributed by atoms with van der Waals surface area (Å²) in [5.41, 5.74) is 11.6. The Bertz CT molecular complexity index is 1810. The minimum atomic E-state index is -2.44. The molecule has 8 aliphatic rings. The number of ketones is 2. The van der Waals surface area contributed by atoms with Crippen LogP contribution in [0.5, 0.6) is 0 Å². The maximum atomic E-state index is 12.9. The second-order valence-electron chi connectivity index (χ2n) is 16.9. The number of allylic oxidation sites excluding steroid dienone is 8. The molecule has 4 aliphatic carbocycles. The average molecular weight is 829 g/mol. The number of aliphatic carboxylic acids is 2. The number of hydrogen-bond acceptors (Lipinski definition) is 12. The predicted octanol–water partition coefficient (Wildman–Crippen LogP) is -0.279. The molecule has 326 valence electrons. The van der Waals surface area contributed by atoms with Crippen LogP contribution >= 0.6 is 0 Å². The van der Waals surface area contributed by atoms with E-state index in [2.05, 4.69) is 61.8 Å². The van der Waals surface area contributed by atoms with Crippen LogP contribution in [0.3, 0.4) is 0 Å². The van der Waals surface area contributed by atoms with Gasteiger partial charge in [-0.3, -0.25) is 9.59 Å². The number of carboxylic acids is 2. The largest absolute Gasteiger partial charge is 0.547 e. The lowest BCUT2D eigenvalue weighted by Crippen LogP contribution is -3.11. The van der Waals surface area contributed by atoms with Crippen LogP contribution in [0.25, 0.3) is 0 Å². The Morgan fingerprint density at radius 1 is 0.650 bits per heavy atom. The average Bonchev–Trinajstić information content (AvgIpc) is 3.53. The maximum Gasteiger partial charge on any atom is 0.181 e. The Balaban J connectivity index is 0.000000165. The van der Waals surface area contributed by atoms with Crippen LogP contribution in [0, 0.1) is 11.8 Å². The third kappa shape index (κ3) is 9.67. The van der Waals surface area contributed by atoms with Gasteiger partial charge in [-0.25, -0.2) is 9.98 Å². The summed E-state index contributed by atoms with van der Waals surface area (Å²) in [7, 11) is 0. The third-order valence-electron chi connectivity index (χ3n) is 13.3. The molecule has 0 spiro atoms. The van der Waals surface area contributed by atoms with Crippen molar-refractivity contribution in [3.63, 3.8) is 0 Å². The van der Waals surface area contributed by atoms with Crippen molar-refractivity contribution in [3.05, 3.63) is 69.6 Å². The van der Waals surface area contributed by atoms with Crippen molar-refractivity contribution < 1.29 is 49.4 Å². The fourth-order valence-corrected chi connectivity index (χ4v) is 9.77. The first-order chi connectivity index (χ1) is 28.9. The summed E-state index contributed by atoms with van der Waals surface area (Å²) < 4.78 is 0. The molecule has 4 heterocycles. The van der Waals surface area contributed by atoms with Gasteiger partial charge in [0.05, 0.1) is 98.5 Å². The first-order valence-corrected chi connectivity index (χ1v) is 22.4. The molecule has 0 saturated heterocycles. The molecule has 4 unspecified atom stereocenters. The van der Waals surface area contributed by atoms with Crippen molar-refractivity contribution in [2.75, 3.05) is 52.4 Å². The Kier molecular flexibility index (Phi) is 15.3. The number of rotatable bonds is 13. The molecule has 14 nitrogen and oxygen atoms in total. The minimum Gasteiger partial charge on any atom is -0.547 e. The van der Waals surface area contributed by atoms with E-state index in [1.807, 2.05) is 0 Å². The van der Waals surface area contributed by atoms with Crippen LogP contribution in [0.1, 0.15) is 105 Å². The number of carbonyl (C=O) groups is 4. The summed E-state index contributed by atoms with van der Waals surface area (Å²) in [6.45, 7) is 16.9. The highest BCUT2D eigenvalue weighted by Gasteiger charge is 2.43. The molecular formula is C46H64N6O8. The molecule has 4 N–H and O–H groups in total. The molecule has 0 fully saturated rings. The van der Waals surface area contributed by atoms with Crippen LogP contribution in [0.15, 0.2) is 79.6 Å². The third-order valence-corrected chi connectivity index (χ3v) is 13.3. The van der Waals surface area contributed by atoms with E-state index in [1.54, 1.807) is 9.80 Å². The van der Waals surface area contributed by atoms with E-state index in [1.165, 1.54) is 61.3 Å². The second kappa shape index (κ2) is 20.4. The number of carbonyl (C=O) groups excluding carboxylic acids is 4. The Labute approximate surface area is 354 Å². The molecule has 0 radical (unpaired) electrons. The standard InChI is InChI=1S/2C21H29N3O.C4H6O6/c2*1-3-23(4-2)13-12-15-10-11-17-21-20(15)19(25)14-24(21)18-9-7-5-6-8-16(18)22-17;5-1(3(7)8)2(6)4(9)10/h2*10-11,15H,3-9,12-14H2,1-2H3;1-2,5-6H,(H,7,8)(H,9,10). The van der Waals surface area contributed by atoms with Crippen molar-refractivity contribution in [1.82, 2.24) is 9.80 Å². The van der Waals surface area contributed by atoms with Gasteiger partial charge in [-0.1, -0.05) is 25.0 Å². The monoisotopic (exact) mass is 828 g/mol. The lowest BCUT2D eigenvalue weighted by molar-refractivity contribution is -0.896. The molecule has 0 aromatic rings. The fourth-order valence-electron chi connectivity index (χ4n) is 9.77. The van der Waals surface area contributed by atoms with Crippen LogP contribution in [-0.4, -0.2) is 120 Å². The van der Waals surface area contributed by atoms with Gasteiger partial charge in [0, 0.05) is 47.2 Å². The highest BCUT2D eigenvalue weighted by Crippen LogP contribution is 2.44. The van der Waals surface area contributed by atoms with E-state index in [0.29, 0.717) is 24.7 Å². The SMILES string of the molecule is CC[NH+](CC)CCC1C=CC2=NC3=C(CCCCC3)N3CC(=O)C1=C23.CC[NH+](CC)CCC1C=CC2=NC3=C(CCCCC3)N3CC(=O)C1=C23.O=C([O-])C(O)C(O)C(=O)[O-]. The second-order valence-corrected chi connectivity index (χ2v) is 16.9. The highest BCUT2D eigenvalue weighted by atomic mass is 16.4. The van der Waals surface area contributed by atoms with Gasteiger partial charge in [0.25, 0.3) is 0 Å². The van der Waals surface area contributed by atoms with Gasteiger partial charge < -0.3 is 49.6 Å². The number of hydrogen-bond donors (Lipinski definition) is 4. The quantitative estimate of drug-likeness (QED) is 0.192. The smallest absolute Gasteiger partial charge is 0.181 e. The fraction of sp³-hybridized carbons (Fsp3) is 0.609. The lowest BCUT2D eigenvalue weighted by atomic mass is 9.86. The zero-order valence-electron chi connectivity index (χ0n) is 35.9. The van der Waals surface area contributed by atoms with E-state index >= 15 is 0 Å². The van der Waals surface area contributed by atoms with Gasteiger partial charge in [0.1, 0.15) is 12.2 Å². The number of fused-ring (bicyclic) bond motifs is 2. The summed E-state index contributed by atoms with van der Waals surface area (Å²) in [5, 5.41) is 35.7. The first kappa shape index (κ1) is 45.0. The number of carboxylic acid groups (broad SMARTS) is 2. The summed E-state index contributed by atoms with van der Waals surface area (Å²) in [6.07, 6.45) is 17.8. The Morgan fingerprint density at radius 3 is 1.37 bits per heavy atom. The van der Waals surface area contributed by atoms with Crippen molar-refractivity contribution >= 4 is 34.9 Å². The van der Waals surface area contributed by atoms with Crippen LogP contribution in [-0.2, 0) is 19.2 Å². The van der Waals surface area contributed by atoms with E-state index in [0.717, 1.165) is 112 Å². The molecule has 60 heavy (non-hydrogen) atoms. The van der Waals surface area contributed by atoms with Crippen molar-refractivity contribution in [3.8, 4) is 0 Å². The topological polar surface area (TPSA) is 195 Å². The van der Waals surface area contributed by atoms with Crippen molar-refractivity contribution in [2.24, 2.45) is 21.8 Å². The summed E-state index contributed by atoms with van der Waals surface area (Å²) in [5.74, 6) is -2.93. The number of aliphatic hydroxyl groups excluding tert-OH is 2. The van der Waals surface area contributed by atoms with Gasteiger partial charge in [0.2, 0.25) is 0 Å². The number of quaternary nitrogens is 2. The number of aliphatic hydroxyl groups is 2. The van der Waals surface area contributed by atoms with Crippen molar-refractivity contribution in [2.45, 2.75) is 117 Å². The van der Waals surface area contributed by atoms with Crippen molar-refractivity contribution in [1.29, 1.82) is 0 Å². The van der Waals surface area contributed by atoms with E-state index in [4.69, 9.17) is 20.2 Å². The van der Waals surface area contributed by atoms with Crippen LogP contribution in [0.4, 0.5) is 0 Å². The molecule has 0 amide bonds. The summed E-state index contributed by atoms with van der Waals surface area (Å²) in [4.78, 5) is 62.9. The molecule has 8 rings (SSSR count). The van der Waals surface area contributed by atoms with Gasteiger partial charge in [-0.2, -0.15) is 0 Å². The van der Waals surface area contributed by atoms with Gasteiger partial charge >= 0.3 is 0 Å². The molecule has 0 bridgehead atoms. The van der Waals surface area contributed by atoms with E-state index in [9.17, 15) is 29.4 Å². The molecule has 0 aromatic heterocycles. The molecule has 4 aliphatic heterocycles. The normalized spacial score (nSPS) is 23.8. The predicted molar refractivity (Wildman–Crippen MR) is 223 cm³/mol. The molecule has 14 heteroatoms. The molecule has 0 aromatic carbocycles. The Morgan fingerprint density at radius 2 is 1.02 bits per heavy atom. The number of aliphatic imine (C=N–C) groups is 2. The van der Waals surface area contributed by atoms with Gasteiger partial charge in [-0.15, -0.1) is 0 Å². The number of Topliss-reactive ketones (excluding diaryl/α,β-unsaturated/α-hetero) is 2. The first-order valence-electron chi connectivity index (χ1n) is 22.4. The maximum absolute atomic E-state index is 12.9. The van der Waals surface area contributed by atoms with E-state index in [-0.39, 0.29) is 11.8 Å². The van der Waals surface area contributed by atoms with Gasteiger partial charge in [0.15, 0.2) is 11.6 Å². The zero-order valence-corrected chi connectivity index (χ0v) is 35.9. The molecule has 4 atom stereocenters. The zero-order chi connectivity index (χ0) is 43.1. The highest BCUT2D eigenvalue weighted by molar-refractivity contribution is 6.20. The molecule has 0 saturated carbocycles. The minimum absolute atomic E-state index is 0.271. The van der Waals surface area contributed by atoms with Crippen LogP contribution < -0.4 is 20.0 Å². The summed E-state index contributed by atoms with van der Waals surface area (Å²) in [6, 6.07) is 0. The number of nitrogens with zero attached hydrogens (tertiary/aromatic N) is 4. The van der Waals surface area contributed by atoms with E-state index < -0.39 is 24.1 Å². The Hall–Kier alpha value is -4.50. The molecular weight excluding hydrogens is 765 g/mol. The number of nitrogens with one attached hydrogen (secondary N) is 2. The lowest BCUT2D eigenvalue weighted by Gasteiger charge is -2.32. The summed E-state index contributed by atoms with van der Waals surface area (Å²) >= 11 is 0.